The first kappa shape index (κ1) is 14.9. The Morgan fingerprint density at radius 1 is 0.765 bits per heavy atom. The zero-order valence-electron chi connectivity index (χ0n) is 7.28. The topological polar surface area (TPSA) is 0 Å². The zero-order chi connectivity index (χ0) is 13.8. The van der Waals surface area contributed by atoms with E-state index in [-0.39, 0.29) is 0 Å². The molecule has 1 aliphatic rings. The monoisotopic (exact) mass is 322 g/mol. The van der Waals surface area contributed by atoms with E-state index in [0.29, 0.717) is 0 Å². The fourth-order valence-corrected chi connectivity index (χ4v) is 1.87. The molecule has 0 nitrogen and oxygen atoms in total. The lowest BCUT2D eigenvalue weighted by atomic mass is 9.96. The second-order valence-corrected chi connectivity index (χ2v) is 4.10. The van der Waals surface area contributed by atoms with E-state index in [0.717, 1.165) is 0 Å². The summed E-state index contributed by atoms with van der Waals surface area (Å²) in [6.07, 6.45) is -5.76. The molecule has 0 fully saturated rings. The molecule has 10 heteroatoms. The summed E-state index contributed by atoms with van der Waals surface area (Å²) >= 11 is 14.7. The molecule has 0 saturated heterocycles. The third kappa shape index (κ3) is 2.02. The van der Waals surface area contributed by atoms with Crippen molar-refractivity contribution in [2.75, 3.05) is 0 Å². The Kier molecular flexibility index (Phi) is 3.45. The molecular weight excluding hydrogens is 323 g/mol. The molecule has 0 aliphatic heterocycles. The van der Waals surface area contributed by atoms with Crippen molar-refractivity contribution in [2.24, 2.45) is 0 Å². The van der Waals surface area contributed by atoms with Crippen molar-refractivity contribution in [1.82, 2.24) is 0 Å². The zero-order valence-corrected chi connectivity index (χ0v) is 9.55. The van der Waals surface area contributed by atoms with Gasteiger partial charge < -0.3 is 0 Å². The van der Waals surface area contributed by atoms with E-state index in [1.807, 2.05) is 0 Å². The largest absolute Gasteiger partial charge is 0.420 e. The van der Waals surface area contributed by atoms with E-state index in [9.17, 15) is 30.7 Å². The van der Waals surface area contributed by atoms with Crippen LogP contribution in [0.1, 0.15) is 0 Å². The smallest absolute Gasteiger partial charge is 0.194 e. The van der Waals surface area contributed by atoms with Gasteiger partial charge in [-0.15, -0.1) is 0 Å². The average molecular weight is 323 g/mol. The quantitative estimate of drug-likeness (QED) is 0.549. The molecular formula is C7Cl3F7. The highest BCUT2D eigenvalue weighted by Gasteiger charge is 2.70. The molecule has 0 N–H and O–H groups in total. The van der Waals surface area contributed by atoms with Gasteiger partial charge in [0.05, 0.1) is 10.1 Å². The Labute approximate surface area is 105 Å². The van der Waals surface area contributed by atoms with Gasteiger partial charge in [-0.05, 0) is 0 Å². The highest BCUT2D eigenvalue weighted by atomic mass is 35.5. The summed E-state index contributed by atoms with van der Waals surface area (Å²) in [4.78, 5) is 0. The van der Waals surface area contributed by atoms with Crippen LogP contribution < -0.4 is 0 Å². The molecule has 0 unspecified atom stereocenters. The Morgan fingerprint density at radius 2 is 1.18 bits per heavy atom. The number of rotatable bonds is 0. The van der Waals surface area contributed by atoms with Crippen molar-refractivity contribution in [1.29, 1.82) is 0 Å². The maximum atomic E-state index is 13.0. The predicted molar refractivity (Wildman–Crippen MR) is 47.6 cm³/mol. The molecule has 0 aromatic carbocycles. The predicted octanol–water partition coefficient (Wildman–Crippen LogP) is 5.02. The molecule has 0 bridgehead atoms. The maximum Gasteiger partial charge on any atom is 0.420 e. The molecule has 0 amide bonds. The minimum atomic E-state index is -5.76. The first-order chi connectivity index (χ1) is 7.35. The third-order valence-electron chi connectivity index (χ3n) is 1.87. The van der Waals surface area contributed by atoms with Crippen LogP contribution in [0.3, 0.4) is 0 Å². The minimum absolute atomic E-state index is 1.45. The third-order valence-corrected chi connectivity index (χ3v) is 3.25. The summed E-state index contributed by atoms with van der Waals surface area (Å²) in [5.41, 5.74) is -2.91. The number of hydrogen-bond acceptors (Lipinski definition) is 0. The lowest BCUT2D eigenvalue weighted by Crippen LogP contribution is -2.49. The molecule has 0 spiro atoms. The van der Waals surface area contributed by atoms with Crippen LogP contribution >= 0.6 is 34.8 Å². The molecule has 1 aliphatic carbocycles. The van der Waals surface area contributed by atoms with E-state index in [4.69, 9.17) is 34.8 Å². The fourth-order valence-electron chi connectivity index (χ4n) is 1.08. The van der Waals surface area contributed by atoms with Gasteiger partial charge in [0.25, 0.3) is 0 Å². The van der Waals surface area contributed by atoms with Crippen LogP contribution in [0, 0.1) is 0 Å². The van der Waals surface area contributed by atoms with Crippen molar-refractivity contribution in [2.45, 2.75) is 18.0 Å². The van der Waals surface area contributed by atoms with Gasteiger partial charge in [0.15, 0.2) is 0 Å². The number of alkyl halides is 7. The van der Waals surface area contributed by atoms with Crippen molar-refractivity contribution in [3.8, 4) is 0 Å². The minimum Gasteiger partial charge on any atom is -0.194 e. The van der Waals surface area contributed by atoms with E-state index in [1.54, 1.807) is 0 Å². The number of allylic oxidation sites excluding steroid dienone is 4. The molecule has 0 atom stereocenters. The van der Waals surface area contributed by atoms with Gasteiger partial charge in [-0.25, -0.2) is 0 Å². The standard InChI is InChI=1S/C7Cl3F7/c8-1-2(9)4(10)6(13,14)5(11,12)3(1)7(15,16)17. The molecule has 0 saturated carbocycles. The summed E-state index contributed by atoms with van der Waals surface area (Å²) in [7, 11) is 0. The van der Waals surface area contributed by atoms with Gasteiger partial charge in [0.2, 0.25) is 0 Å². The van der Waals surface area contributed by atoms with Gasteiger partial charge in [0, 0.05) is 0 Å². The van der Waals surface area contributed by atoms with Gasteiger partial charge in [-0.3, -0.25) is 0 Å². The van der Waals surface area contributed by atoms with Crippen molar-refractivity contribution >= 4 is 34.8 Å². The first-order valence-electron chi connectivity index (χ1n) is 3.64. The van der Waals surface area contributed by atoms with Crippen molar-refractivity contribution < 1.29 is 30.7 Å². The fraction of sp³-hybridized carbons (Fsp3) is 0.429. The Hall–Kier alpha value is -0.140. The first-order valence-corrected chi connectivity index (χ1v) is 4.77. The molecule has 98 valence electrons. The van der Waals surface area contributed by atoms with Crippen LogP contribution in [0.15, 0.2) is 20.7 Å². The lowest BCUT2D eigenvalue weighted by Gasteiger charge is -2.33. The highest BCUT2D eigenvalue weighted by Crippen LogP contribution is 2.57. The summed E-state index contributed by atoms with van der Waals surface area (Å²) in [5.74, 6) is -10.9. The molecule has 0 radical (unpaired) electrons. The SMILES string of the molecule is FC(F)(F)C1=C(Cl)C(Cl)=C(Cl)C(F)(F)C1(F)F. The summed E-state index contributed by atoms with van der Waals surface area (Å²) in [6.45, 7) is 0. The Balaban J connectivity index is 3.66. The molecule has 17 heavy (non-hydrogen) atoms. The highest BCUT2D eigenvalue weighted by molar-refractivity contribution is 6.49. The van der Waals surface area contributed by atoms with E-state index >= 15 is 0 Å². The van der Waals surface area contributed by atoms with Crippen LogP contribution in [-0.2, 0) is 0 Å². The van der Waals surface area contributed by atoms with Crippen molar-refractivity contribution in [3.63, 3.8) is 0 Å². The van der Waals surface area contributed by atoms with E-state index in [2.05, 4.69) is 0 Å². The normalized spacial score (nSPS) is 24.4. The van der Waals surface area contributed by atoms with Gasteiger partial charge >= 0.3 is 18.0 Å². The van der Waals surface area contributed by atoms with E-state index < -0.39 is 38.7 Å². The van der Waals surface area contributed by atoms with Crippen LogP contribution in [0.5, 0.6) is 0 Å². The maximum absolute atomic E-state index is 13.0. The molecule has 0 aromatic heterocycles. The van der Waals surface area contributed by atoms with E-state index in [1.165, 1.54) is 0 Å². The average Bonchev–Trinajstić information content (AvgIpc) is 2.10. The Bertz CT molecular complexity index is 418. The van der Waals surface area contributed by atoms with Gasteiger partial charge in [-0.1, -0.05) is 34.8 Å². The second kappa shape index (κ2) is 3.93. The van der Waals surface area contributed by atoms with Crippen LogP contribution in [0.2, 0.25) is 0 Å². The molecule has 1 rings (SSSR count). The summed E-state index contributed by atoms with van der Waals surface area (Å²) < 4.78 is 88.7. The second-order valence-electron chi connectivity index (χ2n) is 2.96. The van der Waals surface area contributed by atoms with Gasteiger partial charge in [0.1, 0.15) is 10.6 Å². The molecule has 0 heterocycles. The van der Waals surface area contributed by atoms with Crippen LogP contribution in [0.4, 0.5) is 30.7 Å². The van der Waals surface area contributed by atoms with Crippen LogP contribution in [-0.4, -0.2) is 18.0 Å². The summed E-state index contributed by atoms with van der Waals surface area (Å²) in [6, 6.07) is 0. The molecule has 0 aromatic rings. The van der Waals surface area contributed by atoms with Crippen molar-refractivity contribution in [3.05, 3.63) is 20.7 Å². The summed E-state index contributed by atoms with van der Waals surface area (Å²) in [5, 5.41) is -5.11. The number of halogens is 10. The Morgan fingerprint density at radius 3 is 1.53 bits per heavy atom. The van der Waals surface area contributed by atoms with Crippen LogP contribution in [0.25, 0.3) is 0 Å². The lowest BCUT2D eigenvalue weighted by molar-refractivity contribution is -0.201. The number of hydrogen-bond donors (Lipinski definition) is 0. The van der Waals surface area contributed by atoms with Gasteiger partial charge in [-0.2, -0.15) is 30.7 Å².